The largest absolute Gasteiger partial charge is 0.452 e. The van der Waals surface area contributed by atoms with Crippen molar-refractivity contribution < 1.29 is 19.2 Å². The summed E-state index contributed by atoms with van der Waals surface area (Å²) in [5.41, 5.74) is -0.694. The SMILES string of the molecule is CCCC[C@@H](CC)CNC(=O)COC(=O)c1cc(Cl)ccc1[N+](=O)[O-]. The van der Waals surface area contributed by atoms with Gasteiger partial charge in [0, 0.05) is 17.6 Å². The number of unbranched alkanes of at least 4 members (excludes halogenated alkanes) is 1. The van der Waals surface area contributed by atoms with Gasteiger partial charge in [-0.3, -0.25) is 14.9 Å². The number of hydrogen-bond donors (Lipinski definition) is 1. The molecule has 0 radical (unpaired) electrons. The molecule has 1 aromatic rings. The van der Waals surface area contributed by atoms with Crippen molar-refractivity contribution in [2.45, 2.75) is 39.5 Å². The number of nitrogens with one attached hydrogen (secondary N) is 1. The van der Waals surface area contributed by atoms with E-state index in [0.29, 0.717) is 12.5 Å². The minimum atomic E-state index is -0.956. The van der Waals surface area contributed by atoms with E-state index in [4.69, 9.17) is 16.3 Å². The third-order valence-corrected chi connectivity index (χ3v) is 4.08. The van der Waals surface area contributed by atoms with Crippen LogP contribution in [-0.2, 0) is 9.53 Å². The van der Waals surface area contributed by atoms with Crippen molar-refractivity contribution in [1.29, 1.82) is 0 Å². The van der Waals surface area contributed by atoms with Crippen LogP contribution in [0.3, 0.4) is 0 Å². The molecule has 1 aromatic carbocycles. The molecule has 1 atom stereocenters. The third-order valence-electron chi connectivity index (χ3n) is 3.84. The molecule has 0 saturated heterocycles. The molecule has 0 saturated carbocycles. The Balaban J connectivity index is 2.55. The number of rotatable bonds is 10. The van der Waals surface area contributed by atoms with Crippen LogP contribution in [0, 0.1) is 16.0 Å². The summed E-state index contributed by atoms with van der Waals surface area (Å²) in [5.74, 6) is -1.01. The standard InChI is InChI=1S/C17H23ClN2O5/c1-3-5-6-12(4-2)10-19-16(21)11-25-17(22)14-9-13(18)7-8-15(14)20(23)24/h7-9,12H,3-6,10-11H2,1-2H3,(H,19,21)/t12-/m1/s1. The molecule has 0 unspecified atom stereocenters. The Hall–Kier alpha value is -2.15. The summed E-state index contributed by atoms with van der Waals surface area (Å²) in [6.45, 7) is 4.20. The highest BCUT2D eigenvalue weighted by atomic mass is 35.5. The molecule has 7 nitrogen and oxygen atoms in total. The molecule has 1 N–H and O–H groups in total. The summed E-state index contributed by atoms with van der Waals surface area (Å²) in [5, 5.41) is 13.8. The van der Waals surface area contributed by atoms with Gasteiger partial charge in [0.2, 0.25) is 0 Å². The lowest BCUT2D eigenvalue weighted by atomic mass is 9.99. The molecule has 1 rings (SSSR count). The topological polar surface area (TPSA) is 98.5 Å². The number of amides is 1. The molecular weight excluding hydrogens is 348 g/mol. The van der Waals surface area contributed by atoms with Crippen LogP contribution in [0.25, 0.3) is 0 Å². The van der Waals surface area contributed by atoms with Crippen LogP contribution < -0.4 is 5.32 Å². The first kappa shape index (κ1) is 20.9. The maximum Gasteiger partial charge on any atom is 0.345 e. The van der Waals surface area contributed by atoms with E-state index < -0.39 is 29.1 Å². The Bertz CT molecular complexity index is 621. The van der Waals surface area contributed by atoms with Crippen molar-refractivity contribution in [3.05, 3.63) is 38.9 Å². The van der Waals surface area contributed by atoms with Gasteiger partial charge in [-0.2, -0.15) is 0 Å². The second-order valence-corrected chi connectivity index (χ2v) is 6.15. The summed E-state index contributed by atoms with van der Waals surface area (Å²) < 4.78 is 4.87. The van der Waals surface area contributed by atoms with Gasteiger partial charge in [-0.05, 0) is 24.5 Å². The fourth-order valence-electron chi connectivity index (χ4n) is 2.29. The smallest absolute Gasteiger partial charge is 0.345 e. The summed E-state index contributed by atoms with van der Waals surface area (Å²) in [6.07, 6.45) is 4.18. The van der Waals surface area contributed by atoms with E-state index >= 15 is 0 Å². The summed E-state index contributed by atoms with van der Waals surface area (Å²) in [6, 6.07) is 3.58. The van der Waals surface area contributed by atoms with Crippen molar-refractivity contribution in [2.24, 2.45) is 5.92 Å². The number of hydrogen-bond acceptors (Lipinski definition) is 5. The fraction of sp³-hybridized carbons (Fsp3) is 0.529. The van der Waals surface area contributed by atoms with Gasteiger partial charge in [-0.25, -0.2) is 4.79 Å². The number of nitro groups is 1. The normalized spacial score (nSPS) is 11.6. The molecule has 8 heteroatoms. The molecule has 0 spiro atoms. The number of halogens is 1. The van der Waals surface area contributed by atoms with Gasteiger partial charge in [0.1, 0.15) is 5.56 Å². The zero-order valence-corrected chi connectivity index (χ0v) is 15.2. The first-order chi connectivity index (χ1) is 11.9. The highest BCUT2D eigenvalue weighted by Gasteiger charge is 2.22. The minimum Gasteiger partial charge on any atom is -0.452 e. The molecule has 0 aliphatic carbocycles. The van der Waals surface area contributed by atoms with Gasteiger partial charge in [-0.15, -0.1) is 0 Å². The Kier molecular flexibility index (Phi) is 8.91. The van der Waals surface area contributed by atoms with Crippen LogP contribution in [0.2, 0.25) is 5.02 Å². The average Bonchev–Trinajstić information content (AvgIpc) is 2.59. The quantitative estimate of drug-likeness (QED) is 0.384. The number of carbonyl (C=O) groups is 2. The second kappa shape index (κ2) is 10.7. The van der Waals surface area contributed by atoms with Gasteiger partial charge >= 0.3 is 5.97 Å². The monoisotopic (exact) mass is 370 g/mol. The second-order valence-electron chi connectivity index (χ2n) is 5.72. The molecule has 0 aromatic heterocycles. The van der Waals surface area contributed by atoms with E-state index in [1.54, 1.807) is 0 Å². The van der Waals surface area contributed by atoms with Crippen LogP contribution in [0.4, 0.5) is 5.69 Å². The highest BCUT2D eigenvalue weighted by Crippen LogP contribution is 2.23. The molecular formula is C17H23ClN2O5. The maximum absolute atomic E-state index is 12.0. The lowest BCUT2D eigenvalue weighted by Gasteiger charge is -2.15. The van der Waals surface area contributed by atoms with Gasteiger partial charge in [0.25, 0.3) is 11.6 Å². The minimum absolute atomic E-state index is 0.170. The van der Waals surface area contributed by atoms with Gasteiger partial charge in [0.05, 0.1) is 4.92 Å². The number of nitro benzene ring substituents is 1. The third kappa shape index (κ3) is 7.09. The van der Waals surface area contributed by atoms with E-state index in [1.807, 2.05) is 0 Å². The van der Waals surface area contributed by atoms with Crippen molar-refractivity contribution in [3.8, 4) is 0 Å². The first-order valence-electron chi connectivity index (χ1n) is 8.26. The summed E-state index contributed by atoms with van der Waals surface area (Å²) in [4.78, 5) is 34.1. The lowest BCUT2D eigenvalue weighted by molar-refractivity contribution is -0.385. The van der Waals surface area contributed by atoms with E-state index in [-0.39, 0.29) is 10.6 Å². The van der Waals surface area contributed by atoms with E-state index in [0.717, 1.165) is 37.8 Å². The molecule has 25 heavy (non-hydrogen) atoms. The van der Waals surface area contributed by atoms with Crippen molar-refractivity contribution in [2.75, 3.05) is 13.2 Å². The highest BCUT2D eigenvalue weighted by molar-refractivity contribution is 6.31. The zero-order valence-electron chi connectivity index (χ0n) is 14.4. The predicted octanol–water partition coefficient (Wildman–Crippen LogP) is 3.74. The summed E-state index contributed by atoms with van der Waals surface area (Å²) >= 11 is 5.76. The fourth-order valence-corrected chi connectivity index (χ4v) is 2.46. The summed E-state index contributed by atoms with van der Waals surface area (Å²) in [7, 11) is 0. The average molecular weight is 371 g/mol. The zero-order chi connectivity index (χ0) is 18.8. The molecule has 1 amide bonds. The van der Waals surface area contributed by atoms with E-state index in [9.17, 15) is 19.7 Å². The Morgan fingerprint density at radius 3 is 2.68 bits per heavy atom. The molecule has 0 bridgehead atoms. The number of esters is 1. The molecule has 0 aliphatic heterocycles. The maximum atomic E-state index is 12.0. The van der Waals surface area contributed by atoms with Gasteiger partial charge in [-0.1, -0.05) is 44.7 Å². The van der Waals surface area contributed by atoms with Crippen LogP contribution in [0.15, 0.2) is 18.2 Å². The van der Waals surface area contributed by atoms with E-state index in [1.165, 1.54) is 6.07 Å². The molecule has 0 fully saturated rings. The predicted molar refractivity (Wildman–Crippen MR) is 94.7 cm³/mol. The van der Waals surface area contributed by atoms with Crippen LogP contribution in [0.5, 0.6) is 0 Å². The number of carbonyl (C=O) groups excluding carboxylic acids is 2. The van der Waals surface area contributed by atoms with Crippen LogP contribution >= 0.6 is 11.6 Å². The van der Waals surface area contributed by atoms with Crippen molar-refractivity contribution >= 4 is 29.2 Å². The van der Waals surface area contributed by atoms with Gasteiger partial charge < -0.3 is 10.1 Å². The Morgan fingerprint density at radius 2 is 2.08 bits per heavy atom. The van der Waals surface area contributed by atoms with Crippen molar-refractivity contribution in [1.82, 2.24) is 5.32 Å². The van der Waals surface area contributed by atoms with Crippen molar-refractivity contribution in [3.63, 3.8) is 0 Å². The number of nitrogens with zero attached hydrogens (tertiary/aromatic N) is 1. The first-order valence-corrected chi connectivity index (χ1v) is 8.64. The van der Waals surface area contributed by atoms with E-state index in [2.05, 4.69) is 19.2 Å². The van der Waals surface area contributed by atoms with Crippen LogP contribution in [0.1, 0.15) is 49.9 Å². The number of ether oxygens (including phenoxy) is 1. The lowest BCUT2D eigenvalue weighted by Crippen LogP contribution is -2.33. The Labute approximate surface area is 151 Å². The molecule has 138 valence electrons. The van der Waals surface area contributed by atoms with Crippen LogP contribution in [-0.4, -0.2) is 30.0 Å². The Morgan fingerprint density at radius 1 is 1.36 bits per heavy atom. The van der Waals surface area contributed by atoms with Gasteiger partial charge in [0.15, 0.2) is 6.61 Å². The molecule has 0 heterocycles. The molecule has 0 aliphatic rings. The number of benzene rings is 1.